The highest BCUT2D eigenvalue weighted by Crippen LogP contribution is 2.30. The van der Waals surface area contributed by atoms with Crippen molar-refractivity contribution in [2.45, 2.75) is 18.9 Å². The molecule has 3 N–H and O–H groups in total. The van der Waals surface area contributed by atoms with Crippen LogP contribution < -0.4 is 10.6 Å². The zero-order valence-electron chi connectivity index (χ0n) is 11.6. The number of carbonyl (C=O) groups excluding carboxylic acids is 1. The molecule has 3 rings (SSSR count). The summed E-state index contributed by atoms with van der Waals surface area (Å²) >= 11 is 0. The van der Waals surface area contributed by atoms with E-state index < -0.39 is 5.97 Å². The largest absolute Gasteiger partial charge is 0.478 e. The normalized spacial score (nSPS) is 24.7. The SMILES string of the molecule is NC1COCC1C(=O)N1CCCc2cc(C(=O)O)ccc21. The number of ether oxygens (including phenoxy) is 1. The molecule has 0 radical (unpaired) electrons. The Hall–Kier alpha value is -1.92. The Balaban J connectivity index is 1.90. The van der Waals surface area contributed by atoms with E-state index in [1.165, 1.54) is 6.07 Å². The summed E-state index contributed by atoms with van der Waals surface area (Å²) in [5.41, 5.74) is 7.88. The van der Waals surface area contributed by atoms with Crippen molar-refractivity contribution in [2.24, 2.45) is 11.7 Å². The van der Waals surface area contributed by atoms with Crippen molar-refractivity contribution in [3.05, 3.63) is 29.3 Å². The number of carbonyl (C=O) groups is 2. The first-order valence-corrected chi connectivity index (χ1v) is 7.09. The van der Waals surface area contributed by atoms with Gasteiger partial charge in [0.15, 0.2) is 0 Å². The van der Waals surface area contributed by atoms with E-state index in [-0.39, 0.29) is 23.4 Å². The lowest BCUT2D eigenvalue weighted by Crippen LogP contribution is -2.45. The summed E-state index contributed by atoms with van der Waals surface area (Å²) in [7, 11) is 0. The Morgan fingerprint density at radius 3 is 2.81 bits per heavy atom. The van der Waals surface area contributed by atoms with Crippen molar-refractivity contribution < 1.29 is 19.4 Å². The van der Waals surface area contributed by atoms with Crippen molar-refractivity contribution in [3.8, 4) is 0 Å². The molecule has 21 heavy (non-hydrogen) atoms. The molecule has 2 aliphatic heterocycles. The van der Waals surface area contributed by atoms with Crippen LogP contribution in [0.25, 0.3) is 0 Å². The molecular weight excluding hydrogens is 272 g/mol. The monoisotopic (exact) mass is 290 g/mol. The number of aryl methyl sites for hydroxylation is 1. The minimum Gasteiger partial charge on any atom is -0.478 e. The van der Waals surface area contributed by atoms with E-state index in [0.717, 1.165) is 24.1 Å². The average Bonchev–Trinajstić information content (AvgIpc) is 2.91. The van der Waals surface area contributed by atoms with Crippen LogP contribution >= 0.6 is 0 Å². The van der Waals surface area contributed by atoms with Crippen molar-refractivity contribution in [1.82, 2.24) is 0 Å². The number of hydrogen-bond donors (Lipinski definition) is 2. The number of benzene rings is 1. The van der Waals surface area contributed by atoms with E-state index in [9.17, 15) is 9.59 Å². The number of hydrogen-bond acceptors (Lipinski definition) is 4. The van der Waals surface area contributed by atoms with Crippen molar-refractivity contribution in [2.75, 3.05) is 24.7 Å². The quantitative estimate of drug-likeness (QED) is 0.833. The van der Waals surface area contributed by atoms with Gasteiger partial charge in [0, 0.05) is 18.3 Å². The predicted molar refractivity (Wildman–Crippen MR) is 76.4 cm³/mol. The molecule has 0 spiro atoms. The second kappa shape index (κ2) is 5.46. The summed E-state index contributed by atoms with van der Waals surface area (Å²) in [6.45, 7) is 1.41. The van der Waals surface area contributed by atoms with Gasteiger partial charge in [0.25, 0.3) is 0 Å². The summed E-state index contributed by atoms with van der Waals surface area (Å²) < 4.78 is 5.27. The van der Waals surface area contributed by atoms with E-state index >= 15 is 0 Å². The van der Waals surface area contributed by atoms with Gasteiger partial charge in [-0.2, -0.15) is 0 Å². The first-order valence-electron chi connectivity index (χ1n) is 7.09. The summed E-state index contributed by atoms with van der Waals surface area (Å²) in [6.07, 6.45) is 1.61. The lowest BCUT2D eigenvalue weighted by atomic mass is 9.96. The molecule has 0 aromatic heterocycles. The Bertz CT molecular complexity index is 587. The highest BCUT2D eigenvalue weighted by Gasteiger charge is 2.36. The zero-order valence-corrected chi connectivity index (χ0v) is 11.6. The highest BCUT2D eigenvalue weighted by molar-refractivity contribution is 5.98. The molecule has 0 aliphatic carbocycles. The molecule has 0 bridgehead atoms. The molecule has 1 amide bonds. The van der Waals surface area contributed by atoms with Crippen LogP contribution in [-0.2, 0) is 16.0 Å². The number of nitrogens with zero attached hydrogens (tertiary/aromatic N) is 1. The predicted octanol–water partition coefficient (Wildman–Crippen LogP) is 0.638. The topological polar surface area (TPSA) is 92.9 Å². The maximum Gasteiger partial charge on any atom is 0.335 e. The smallest absolute Gasteiger partial charge is 0.335 e. The Labute approximate surface area is 122 Å². The van der Waals surface area contributed by atoms with Crippen LogP contribution in [0, 0.1) is 5.92 Å². The minimum atomic E-state index is -0.951. The number of nitrogens with two attached hydrogens (primary N) is 1. The minimum absolute atomic E-state index is 0.0241. The molecule has 6 nitrogen and oxygen atoms in total. The lowest BCUT2D eigenvalue weighted by molar-refractivity contribution is -0.122. The summed E-state index contributed by atoms with van der Waals surface area (Å²) in [6, 6.07) is 4.65. The molecule has 1 fully saturated rings. The Kier molecular flexibility index (Phi) is 3.65. The van der Waals surface area contributed by atoms with Gasteiger partial charge in [-0.15, -0.1) is 0 Å². The number of amides is 1. The number of aromatic carboxylic acids is 1. The van der Waals surface area contributed by atoms with Crippen molar-refractivity contribution in [3.63, 3.8) is 0 Å². The lowest BCUT2D eigenvalue weighted by Gasteiger charge is -2.32. The third kappa shape index (κ3) is 2.52. The summed E-state index contributed by atoms with van der Waals surface area (Å²) in [5, 5.41) is 9.06. The average molecular weight is 290 g/mol. The first kappa shape index (κ1) is 14.0. The fourth-order valence-electron chi connectivity index (χ4n) is 2.98. The van der Waals surface area contributed by atoms with Gasteiger partial charge in [-0.25, -0.2) is 4.79 Å². The zero-order chi connectivity index (χ0) is 15.0. The van der Waals surface area contributed by atoms with Crippen LogP contribution in [0.3, 0.4) is 0 Å². The van der Waals surface area contributed by atoms with E-state index in [1.807, 2.05) is 0 Å². The molecule has 2 unspecified atom stereocenters. The maximum atomic E-state index is 12.6. The summed E-state index contributed by atoms with van der Waals surface area (Å²) in [4.78, 5) is 25.4. The van der Waals surface area contributed by atoms with Crippen LogP contribution in [0.5, 0.6) is 0 Å². The van der Waals surface area contributed by atoms with Crippen LogP contribution in [0.15, 0.2) is 18.2 Å². The van der Waals surface area contributed by atoms with E-state index in [0.29, 0.717) is 19.8 Å². The molecule has 2 heterocycles. The second-order valence-electron chi connectivity index (χ2n) is 5.55. The van der Waals surface area contributed by atoms with Gasteiger partial charge in [-0.3, -0.25) is 4.79 Å². The van der Waals surface area contributed by atoms with Gasteiger partial charge < -0.3 is 20.5 Å². The van der Waals surface area contributed by atoms with E-state index in [4.69, 9.17) is 15.6 Å². The Morgan fingerprint density at radius 2 is 2.14 bits per heavy atom. The molecule has 1 aromatic rings. The number of anilines is 1. The van der Waals surface area contributed by atoms with Gasteiger partial charge in [0.1, 0.15) is 0 Å². The van der Waals surface area contributed by atoms with E-state index in [1.54, 1.807) is 17.0 Å². The van der Waals surface area contributed by atoms with Gasteiger partial charge in [-0.05, 0) is 36.6 Å². The van der Waals surface area contributed by atoms with Gasteiger partial charge >= 0.3 is 5.97 Å². The van der Waals surface area contributed by atoms with Crippen LogP contribution in [-0.4, -0.2) is 42.8 Å². The third-order valence-electron chi connectivity index (χ3n) is 4.15. The van der Waals surface area contributed by atoms with Gasteiger partial charge in [-0.1, -0.05) is 0 Å². The first-order chi connectivity index (χ1) is 10.1. The number of carboxylic acid groups (broad SMARTS) is 1. The van der Waals surface area contributed by atoms with Crippen molar-refractivity contribution in [1.29, 1.82) is 0 Å². The second-order valence-corrected chi connectivity index (χ2v) is 5.55. The van der Waals surface area contributed by atoms with Crippen molar-refractivity contribution >= 4 is 17.6 Å². The number of rotatable bonds is 2. The van der Waals surface area contributed by atoms with Crippen LogP contribution in [0.4, 0.5) is 5.69 Å². The molecule has 2 aliphatic rings. The van der Waals surface area contributed by atoms with E-state index in [2.05, 4.69) is 0 Å². The molecule has 0 saturated carbocycles. The van der Waals surface area contributed by atoms with Crippen LogP contribution in [0.1, 0.15) is 22.3 Å². The molecule has 6 heteroatoms. The molecule has 112 valence electrons. The Morgan fingerprint density at radius 1 is 1.33 bits per heavy atom. The number of carboxylic acids is 1. The fraction of sp³-hybridized carbons (Fsp3) is 0.467. The van der Waals surface area contributed by atoms with Gasteiger partial charge in [0.05, 0.1) is 24.7 Å². The molecule has 1 saturated heterocycles. The van der Waals surface area contributed by atoms with Gasteiger partial charge in [0.2, 0.25) is 5.91 Å². The number of fused-ring (bicyclic) bond motifs is 1. The highest BCUT2D eigenvalue weighted by atomic mass is 16.5. The standard InChI is InChI=1S/C15H18N2O4/c16-12-8-21-7-11(12)14(18)17-5-1-2-9-6-10(15(19)20)3-4-13(9)17/h3-4,6,11-12H,1-2,5,7-8,16H2,(H,19,20). The summed E-state index contributed by atoms with van der Waals surface area (Å²) in [5.74, 6) is -1.29. The third-order valence-corrected chi connectivity index (χ3v) is 4.15. The maximum absolute atomic E-state index is 12.6. The fourth-order valence-corrected chi connectivity index (χ4v) is 2.98. The molecule has 2 atom stereocenters. The molecular formula is C15H18N2O4. The molecule has 1 aromatic carbocycles. The van der Waals surface area contributed by atoms with Crippen LogP contribution in [0.2, 0.25) is 0 Å².